The molecule has 0 saturated heterocycles. The van der Waals surface area contributed by atoms with E-state index in [1.165, 1.54) is 37.7 Å². The third kappa shape index (κ3) is 3.03. The van der Waals surface area contributed by atoms with Gasteiger partial charge in [-0.2, -0.15) is 0 Å². The lowest BCUT2D eigenvalue weighted by molar-refractivity contribution is 0.0963. The zero-order chi connectivity index (χ0) is 13.0. The van der Waals surface area contributed by atoms with Gasteiger partial charge in [0.25, 0.3) is 5.91 Å². The van der Waals surface area contributed by atoms with Gasteiger partial charge in [-0.25, -0.2) is 0 Å². The molecule has 0 spiro atoms. The van der Waals surface area contributed by atoms with Gasteiger partial charge in [0.1, 0.15) is 0 Å². The molecule has 2 N–H and O–H groups in total. The third-order valence-corrected chi connectivity index (χ3v) is 3.69. The minimum absolute atomic E-state index is 0.0262. The van der Waals surface area contributed by atoms with Crippen LogP contribution in [-0.2, 0) is 0 Å². The number of rotatable bonds is 3. The van der Waals surface area contributed by atoms with E-state index in [2.05, 4.69) is 17.6 Å². The van der Waals surface area contributed by atoms with E-state index in [1.54, 1.807) is 7.05 Å². The standard InChI is InChI=1S/C15H22N2O/c1-11-8-9-12(15(18)16-2)10-14(11)17-13-6-4-3-5-7-13/h8-10,13,17H,3-7H2,1-2H3,(H,16,18). The van der Waals surface area contributed by atoms with Crippen LogP contribution in [0.5, 0.6) is 0 Å². The fourth-order valence-electron chi connectivity index (χ4n) is 2.53. The number of anilines is 1. The van der Waals surface area contributed by atoms with Crippen LogP contribution in [-0.4, -0.2) is 19.0 Å². The van der Waals surface area contributed by atoms with Crippen LogP contribution in [0.3, 0.4) is 0 Å². The molecule has 0 aromatic heterocycles. The second-order valence-corrected chi connectivity index (χ2v) is 5.09. The van der Waals surface area contributed by atoms with Gasteiger partial charge in [-0.1, -0.05) is 25.3 Å². The molecule has 0 atom stereocenters. The summed E-state index contributed by atoms with van der Waals surface area (Å²) < 4.78 is 0. The van der Waals surface area contributed by atoms with Crippen molar-refractivity contribution in [3.63, 3.8) is 0 Å². The summed E-state index contributed by atoms with van der Waals surface area (Å²) >= 11 is 0. The Balaban J connectivity index is 2.12. The van der Waals surface area contributed by atoms with Crippen molar-refractivity contribution >= 4 is 11.6 Å². The quantitative estimate of drug-likeness (QED) is 0.860. The van der Waals surface area contributed by atoms with E-state index >= 15 is 0 Å². The number of hydrogen-bond donors (Lipinski definition) is 2. The minimum Gasteiger partial charge on any atom is -0.382 e. The zero-order valence-electron chi connectivity index (χ0n) is 11.3. The van der Waals surface area contributed by atoms with Gasteiger partial charge in [-0.15, -0.1) is 0 Å². The number of nitrogens with one attached hydrogen (secondary N) is 2. The monoisotopic (exact) mass is 246 g/mol. The molecule has 2 rings (SSSR count). The Morgan fingerprint density at radius 2 is 1.94 bits per heavy atom. The van der Waals surface area contributed by atoms with Crippen molar-refractivity contribution in [2.24, 2.45) is 0 Å². The molecule has 0 radical (unpaired) electrons. The highest BCUT2D eigenvalue weighted by molar-refractivity contribution is 5.95. The van der Waals surface area contributed by atoms with E-state index in [0.29, 0.717) is 6.04 Å². The molecule has 3 nitrogen and oxygen atoms in total. The molecule has 1 aromatic rings. The summed E-state index contributed by atoms with van der Waals surface area (Å²) in [6.07, 6.45) is 6.46. The molecule has 1 aromatic carbocycles. The second-order valence-electron chi connectivity index (χ2n) is 5.09. The molecular weight excluding hydrogens is 224 g/mol. The summed E-state index contributed by atoms with van der Waals surface area (Å²) in [4.78, 5) is 11.6. The molecule has 0 aliphatic heterocycles. The Hall–Kier alpha value is -1.51. The highest BCUT2D eigenvalue weighted by atomic mass is 16.1. The molecule has 3 heteroatoms. The van der Waals surface area contributed by atoms with Gasteiger partial charge in [0, 0.05) is 24.3 Å². The van der Waals surface area contributed by atoms with Crippen molar-refractivity contribution < 1.29 is 4.79 Å². The van der Waals surface area contributed by atoms with E-state index in [4.69, 9.17) is 0 Å². The maximum absolute atomic E-state index is 11.6. The summed E-state index contributed by atoms with van der Waals surface area (Å²) in [5, 5.41) is 6.25. The van der Waals surface area contributed by atoms with E-state index in [0.717, 1.165) is 11.3 Å². The van der Waals surface area contributed by atoms with E-state index < -0.39 is 0 Å². The van der Waals surface area contributed by atoms with Crippen molar-refractivity contribution in [1.29, 1.82) is 0 Å². The summed E-state index contributed by atoms with van der Waals surface area (Å²) in [5.41, 5.74) is 3.03. The maximum atomic E-state index is 11.6. The lowest BCUT2D eigenvalue weighted by atomic mass is 9.95. The number of amides is 1. The second kappa shape index (κ2) is 5.89. The molecule has 1 aliphatic carbocycles. The first-order valence-corrected chi connectivity index (χ1v) is 6.80. The molecule has 1 amide bonds. The zero-order valence-corrected chi connectivity index (χ0v) is 11.3. The van der Waals surface area contributed by atoms with Crippen molar-refractivity contribution in [3.8, 4) is 0 Å². The molecule has 1 aliphatic rings. The normalized spacial score (nSPS) is 16.3. The van der Waals surface area contributed by atoms with Crippen LogP contribution < -0.4 is 10.6 Å². The SMILES string of the molecule is CNC(=O)c1ccc(C)c(NC2CCCCC2)c1. The molecule has 0 bridgehead atoms. The molecule has 98 valence electrons. The number of aryl methyl sites for hydroxylation is 1. The van der Waals surface area contributed by atoms with Gasteiger partial charge in [0.2, 0.25) is 0 Å². The number of carbonyl (C=O) groups is 1. The lowest BCUT2D eigenvalue weighted by Gasteiger charge is -2.25. The Morgan fingerprint density at radius 1 is 1.22 bits per heavy atom. The van der Waals surface area contributed by atoms with Crippen molar-refractivity contribution in [3.05, 3.63) is 29.3 Å². The van der Waals surface area contributed by atoms with Gasteiger partial charge in [-0.05, 0) is 37.5 Å². The summed E-state index contributed by atoms with van der Waals surface area (Å²) in [6, 6.07) is 6.41. The number of benzene rings is 1. The molecule has 1 fully saturated rings. The summed E-state index contributed by atoms with van der Waals surface area (Å²) in [5.74, 6) is -0.0262. The Morgan fingerprint density at radius 3 is 2.61 bits per heavy atom. The van der Waals surface area contributed by atoms with Gasteiger partial charge in [0.05, 0.1) is 0 Å². The average Bonchev–Trinajstić information content (AvgIpc) is 2.41. The Bertz CT molecular complexity index is 423. The molecule has 0 heterocycles. The first-order chi connectivity index (χ1) is 8.70. The lowest BCUT2D eigenvalue weighted by Crippen LogP contribution is -2.23. The van der Waals surface area contributed by atoms with Crippen LogP contribution in [0, 0.1) is 6.92 Å². The van der Waals surface area contributed by atoms with E-state index in [9.17, 15) is 4.79 Å². The van der Waals surface area contributed by atoms with E-state index in [-0.39, 0.29) is 5.91 Å². The minimum atomic E-state index is -0.0262. The highest BCUT2D eigenvalue weighted by Gasteiger charge is 2.14. The van der Waals surface area contributed by atoms with Crippen LogP contribution in [0.2, 0.25) is 0 Å². The van der Waals surface area contributed by atoms with Crippen LogP contribution in [0.1, 0.15) is 48.0 Å². The number of carbonyl (C=O) groups excluding carboxylic acids is 1. The number of hydrogen-bond acceptors (Lipinski definition) is 2. The first-order valence-electron chi connectivity index (χ1n) is 6.80. The van der Waals surface area contributed by atoms with Crippen LogP contribution in [0.15, 0.2) is 18.2 Å². The van der Waals surface area contributed by atoms with Crippen molar-refractivity contribution in [2.45, 2.75) is 45.1 Å². The fourth-order valence-corrected chi connectivity index (χ4v) is 2.53. The molecular formula is C15H22N2O. The van der Waals surface area contributed by atoms with Gasteiger partial charge in [0.15, 0.2) is 0 Å². The van der Waals surface area contributed by atoms with Crippen molar-refractivity contribution in [1.82, 2.24) is 5.32 Å². The smallest absolute Gasteiger partial charge is 0.251 e. The summed E-state index contributed by atoms with van der Waals surface area (Å²) in [7, 11) is 1.66. The van der Waals surface area contributed by atoms with E-state index in [1.807, 2.05) is 18.2 Å². The predicted octanol–water partition coefficient (Wildman–Crippen LogP) is 3.10. The molecule has 18 heavy (non-hydrogen) atoms. The summed E-state index contributed by atoms with van der Waals surface area (Å²) in [6.45, 7) is 2.08. The van der Waals surface area contributed by atoms with Crippen LogP contribution >= 0.6 is 0 Å². The predicted molar refractivity (Wildman–Crippen MR) is 75.1 cm³/mol. The molecule has 0 unspecified atom stereocenters. The van der Waals surface area contributed by atoms with Crippen LogP contribution in [0.4, 0.5) is 5.69 Å². The van der Waals surface area contributed by atoms with Gasteiger partial charge in [-0.3, -0.25) is 4.79 Å². The topological polar surface area (TPSA) is 41.1 Å². The van der Waals surface area contributed by atoms with Crippen LogP contribution in [0.25, 0.3) is 0 Å². The van der Waals surface area contributed by atoms with Crippen molar-refractivity contribution in [2.75, 3.05) is 12.4 Å². The van der Waals surface area contributed by atoms with Gasteiger partial charge >= 0.3 is 0 Å². The first kappa shape index (κ1) is 12.9. The fraction of sp³-hybridized carbons (Fsp3) is 0.533. The Labute approximate surface area is 109 Å². The third-order valence-electron chi connectivity index (χ3n) is 3.69. The Kier molecular flexibility index (Phi) is 4.24. The highest BCUT2D eigenvalue weighted by Crippen LogP contribution is 2.24. The maximum Gasteiger partial charge on any atom is 0.251 e. The largest absolute Gasteiger partial charge is 0.382 e. The average molecular weight is 246 g/mol. The molecule has 1 saturated carbocycles. The van der Waals surface area contributed by atoms with Gasteiger partial charge < -0.3 is 10.6 Å².